The number of rotatable bonds is 2. The van der Waals surface area contributed by atoms with Crippen LogP contribution in [0.4, 0.5) is 8.78 Å². The zero-order chi connectivity index (χ0) is 10.0. The van der Waals surface area contributed by atoms with Crippen LogP contribution in [0.1, 0.15) is 15.9 Å². The molecule has 0 spiro atoms. The zero-order valence-electron chi connectivity index (χ0n) is 6.85. The van der Waals surface area contributed by atoms with Crippen LogP contribution in [0.15, 0.2) is 18.2 Å². The predicted octanol–water partition coefficient (Wildman–Crippen LogP) is 3.10. The van der Waals surface area contributed by atoms with E-state index in [0.717, 1.165) is 0 Å². The van der Waals surface area contributed by atoms with Crippen LogP contribution in [0.3, 0.4) is 0 Å². The van der Waals surface area contributed by atoms with Crippen molar-refractivity contribution in [3.63, 3.8) is 0 Å². The van der Waals surface area contributed by atoms with E-state index in [9.17, 15) is 13.6 Å². The molecular weight excluding hydrogens is 198 g/mol. The van der Waals surface area contributed by atoms with Gasteiger partial charge in [0.25, 0.3) is 0 Å². The number of halogens is 3. The summed E-state index contributed by atoms with van der Waals surface area (Å²) >= 11 is 5.60. The van der Waals surface area contributed by atoms with E-state index < -0.39 is 12.2 Å². The number of ketones is 1. The molecule has 0 aliphatic heterocycles. The summed E-state index contributed by atoms with van der Waals surface area (Å²) in [6.07, 6.45) is -2.97. The lowest BCUT2D eigenvalue weighted by molar-refractivity contribution is 0.0678. The Bertz CT molecular complexity index is 316. The van der Waals surface area contributed by atoms with Gasteiger partial charge in [-0.2, -0.15) is 0 Å². The molecule has 0 aliphatic carbocycles. The van der Waals surface area contributed by atoms with Crippen LogP contribution in [0.5, 0.6) is 0 Å². The topological polar surface area (TPSA) is 17.1 Å². The molecule has 0 fully saturated rings. The summed E-state index contributed by atoms with van der Waals surface area (Å²) in [5.74, 6) is -1.19. The highest BCUT2D eigenvalue weighted by Crippen LogP contribution is 2.16. The Morgan fingerprint density at radius 2 is 2.00 bits per heavy atom. The summed E-state index contributed by atoms with van der Waals surface area (Å²) in [4.78, 5) is 10.8. The fourth-order valence-electron chi connectivity index (χ4n) is 1.00. The molecule has 4 heteroatoms. The summed E-state index contributed by atoms with van der Waals surface area (Å²) < 4.78 is 24.0. The molecule has 0 saturated carbocycles. The van der Waals surface area contributed by atoms with Crippen molar-refractivity contribution >= 4 is 17.4 Å². The van der Waals surface area contributed by atoms with Crippen molar-refractivity contribution < 1.29 is 13.6 Å². The van der Waals surface area contributed by atoms with Gasteiger partial charge < -0.3 is 0 Å². The molecule has 1 rings (SSSR count). The van der Waals surface area contributed by atoms with Gasteiger partial charge >= 0.3 is 6.43 Å². The normalized spacial score (nSPS) is 10.5. The largest absolute Gasteiger partial charge is 0.300 e. The Labute approximate surface area is 79.3 Å². The Morgan fingerprint density at radius 3 is 2.46 bits per heavy atom. The van der Waals surface area contributed by atoms with Gasteiger partial charge in [0, 0.05) is 10.6 Å². The predicted molar refractivity (Wildman–Crippen MR) is 46.5 cm³/mol. The van der Waals surface area contributed by atoms with Gasteiger partial charge in [-0.25, -0.2) is 8.78 Å². The van der Waals surface area contributed by atoms with Gasteiger partial charge in [-0.05, 0) is 30.7 Å². The van der Waals surface area contributed by atoms with E-state index in [1.165, 1.54) is 12.1 Å². The van der Waals surface area contributed by atoms with Gasteiger partial charge in [-0.1, -0.05) is 11.6 Å². The second-order valence-electron chi connectivity index (χ2n) is 2.68. The van der Waals surface area contributed by atoms with Crippen LogP contribution in [-0.2, 0) is 0 Å². The van der Waals surface area contributed by atoms with Crippen molar-refractivity contribution in [2.45, 2.75) is 13.3 Å². The van der Waals surface area contributed by atoms with Crippen molar-refractivity contribution in [2.24, 2.45) is 0 Å². The molecule has 70 valence electrons. The van der Waals surface area contributed by atoms with Crippen LogP contribution in [-0.4, -0.2) is 12.2 Å². The maximum absolute atomic E-state index is 12.0. The van der Waals surface area contributed by atoms with Crippen LogP contribution in [0.25, 0.3) is 0 Å². The molecule has 1 nitrogen and oxygen atoms in total. The minimum absolute atomic E-state index is 0.0417. The first-order valence-corrected chi connectivity index (χ1v) is 3.98. The molecule has 13 heavy (non-hydrogen) atoms. The number of alkyl halides is 2. The number of Topliss-reactive ketones (excluding diaryl/α,β-unsaturated/α-hetero) is 1. The monoisotopic (exact) mass is 204 g/mol. The van der Waals surface area contributed by atoms with Crippen LogP contribution in [0.2, 0.25) is 5.02 Å². The Kier molecular flexibility index (Phi) is 2.98. The van der Waals surface area contributed by atoms with Crippen LogP contribution in [0, 0.1) is 6.92 Å². The number of carbonyl (C=O) groups excluding carboxylic acids is 1. The molecule has 0 atom stereocenters. The summed E-state index contributed by atoms with van der Waals surface area (Å²) in [5, 5.41) is 0.295. The van der Waals surface area contributed by atoms with Crippen molar-refractivity contribution in [1.82, 2.24) is 0 Å². The van der Waals surface area contributed by atoms with Gasteiger partial charge in [0.05, 0.1) is 0 Å². The molecule has 1 aromatic carbocycles. The number of benzene rings is 1. The van der Waals surface area contributed by atoms with E-state index in [1.54, 1.807) is 13.0 Å². The molecule has 0 amide bonds. The molecule has 0 bridgehead atoms. The quantitative estimate of drug-likeness (QED) is 0.677. The molecule has 0 aromatic heterocycles. The van der Waals surface area contributed by atoms with Crippen molar-refractivity contribution in [2.75, 3.05) is 0 Å². The average Bonchev–Trinajstić information content (AvgIpc) is 2.01. The third-order valence-electron chi connectivity index (χ3n) is 1.52. The lowest BCUT2D eigenvalue weighted by Gasteiger charge is -2.01. The molecule has 0 aliphatic rings. The van der Waals surface area contributed by atoms with E-state index in [2.05, 4.69) is 0 Å². The van der Waals surface area contributed by atoms with Crippen molar-refractivity contribution in [1.29, 1.82) is 0 Å². The molecular formula is C9H7ClF2O. The van der Waals surface area contributed by atoms with Gasteiger partial charge in [0.15, 0.2) is 0 Å². The van der Waals surface area contributed by atoms with E-state index in [-0.39, 0.29) is 5.56 Å². The van der Waals surface area contributed by atoms with Gasteiger partial charge in [0.2, 0.25) is 5.78 Å². The summed E-state index contributed by atoms with van der Waals surface area (Å²) in [7, 11) is 0. The third-order valence-corrected chi connectivity index (χ3v) is 1.74. The Hall–Kier alpha value is -0.960. The first kappa shape index (κ1) is 10.1. The summed E-state index contributed by atoms with van der Waals surface area (Å²) in [5.41, 5.74) is 0.650. The SMILES string of the molecule is Cc1cc(Cl)cc(C(=O)C(F)F)c1. The van der Waals surface area contributed by atoms with E-state index >= 15 is 0 Å². The molecule has 0 saturated heterocycles. The van der Waals surface area contributed by atoms with Crippen LogP contribution >= 0.6 is 11.6 Å². The number of hydrogen-bond acceptors (Lipinski definition) is 1. The first-order chi connectivity index (χ1) is 6.00. The van der Waals surface area contributed by atoms with Crippen molar-refractivity contribution in [3.8, 4) is 0 Å². The highest BCUT2D eigenvalue weighted by atomic mass is 35.5. The molecule has 0 N–H and O–H groups in total. The second kappa shape index (κ2) is 3.83. The average molecular weight is 205 g/mol. The van der Waals surface area contributed by atoms with Gasteiger partial charge in [0.1, 0.15) is 0 Å². The van der Waals surface area contributed by atoms with E-state index in [4.69, 9.17) is 11.6 Å². The first-order valence-electron chi connectivity index (χ1n) is 3.60. The molecule has 1 aromatic rings. The Morgan fingerprint density at radius 1 is 1.38 bits per heavy atom. The fourth-order valence-corrected chi connectivity index (χ4v) is 1.29. The smallest absolute Gasteiger partial charge is 0.288 e. The number of aryl methyl sites for hydroxylation is 1. The van der Waals surface area contributed by atoms with Gasteiger partial charge in [-0.3, -0.25) is 4.79 Å². The second-order valence-corrected chi connectivity index (χ2v) is 3.12. The standard InChI is InChI=1S/C9H7ClF2O/c1-5-2-6(4-7(10)3-5)8(13)9(11)12/h2-4,9H,1H3. The van der Waals surface area contributed by atoms with Crippen molar-refractivity contribution in [3.05, 3.63) is 34.3 Å². The van der Waals surface area contributed by atoms with E-state index in [0.29, 0.717) is 10.6 Å². The Balaban J connectivity index is 3.08. The lowest BCUT2D eigenvalue weighted by Crippen LogP contribution is -2.10. The van der Waals surface area contributed by atoms with Crippen LogP contribution < -0.4 is 0 Å². The maximum atomic E-state index is 12.0. The fraction of sp³-hybridized carbons (Fsp3) is 0.222. The third kappa shape index (κ3) is 2.49. The molecule has 0 radical (unpaired) electrons. The molecule has 0 heterocycles. The number of carbonyl (C=O) groups is 1. The zero-order valence-corrected chi connectivity index (χ0v) is 7.61. The molecule has 0 unspecified atom stereocenters. The highest BCUT2D eigenvalue weighted by molar-refractivity contribution is 6.31. The minimum Gasteiger partial charge on any atom is -0.288 e. The minimum atomic E-state index is -2.97. The summed E-state index contributed by atoms with van der Waals surface area (Å²) in [6, 6.07) is 4.23. The summed E-state index contributed by atoms with van der Waals surface area (Å²) in [6.45, 7) is 1.69. The lowest BCUT2D eigenvalue weighted by atomic mass is 10.1. The number of hydrogen-bond donors (Lipinski definition) is 0. The van der Waals surface area contributed by atoms with E-state index in [1.807, 2.05) is 0 Å². The highest BCUT2D eigenvalue weighted by Gasteiger charge is 2.17. The van der Waals surface area contributed by atoms with Gasteiger partial charge in [-0.15, -0.1) is 0 Å². The maximum Gasteiger partial charge on any atom is 0.300 e.